The highest BCUT2D eigenvalue weighted by atomic mass is 16.2. The van der Waals surface area contributed by atoms with Crippen molar-refractivity contribution >= 4 is 36.3 Å². The number of benzene rings is 2. The summed E-state index contributed by atoms with van der Waals surface area (Å²) in [5.74, 6) is -0.647. The molecule has 0 radical (unpaired) electrons. The van der Waals surface area contributed by atoms with Crippen LogP contribution in [0.4, 0.5) is 11.4 Å². The Labute approximate surface area is 234 Å². The standard InChI is InChI=1S/C9H10N2O3.2C7H9N.C5H12.C2H5NO/c10-4-8-3-7(6-13)5-11(8)9(14)1-2-12;2*1-8-7-5-3-2-4-6-7;1-5(2,3)4;1-3-2-4/h2,6-8H,1,3,5H2;2*2-6,8H,1H3;1-4H3;2H,1H3,(H,3,4). The highest BCUT2D eigenvalue weighted by Crippen LogP contribution is 2.21. The van der Waals surface area contributed by atoms with Crippen LogP contribution in [0.1, 0.15) is 40.5 Å². The molecular weight excluding hydrogens is 494 g/mol. The van der Waals surface area contributed by atoms with Gasteiger partial charge in [0.25, 0.3) is 0 Å². The first-order valence-corrected chi connectivity index (χ1v) is 12.7. The molecule has 3 N–H and O–H groups in total. The van der Waals surface area contributed by atoms with Crippen molar-refractivity contribution in [1.82, 2.24) is 10.2 Å². The molecule has 2 aromatic carbocycles. The number of carbonyl (C=O) groups excluding carboxylic acids is 4. The van der Waals surface area contributed by atoms with Crippen LogP contribution in [0.15, 0.2) is 60.7 Å². The van der Waals surface area contributed by atoms with Crippen LogP contribution in [-0.4, -0.2) is 63.5 Å². The summed E-state index contributed by atoms with van der Waals surface area (Å²) in [7, 11) is 5.39. The van der Waals surface area contributed by atoms with Gasteiger partial charge in [-0.25, -0.2) is 0 Å². The zero-order valence-electron chi connectivity index (χ0n) is 24.3. The average Bonchev–Trinajstić information content (AvgIpc) is 3.38. The lowest BCUT2D eigenvalue weighted by Crippen LogP contribution is -2.35. The van der Waals surface area contributed by atoms with Crippen LogP contribution in [0.25, 0.3) is 0 Å². The van der Waals surface area contributed by atoms with Gasteiger partial charge in [-0.2, -0.15) is 5.26 Å². The van der Waals surface area contributed by atoms with Crippen LogP contribution in [-0.2, 0) is 19.2 Å². The molecular formula is C30H45N5O4. The lowest BCUT2D eigenvalue weighted by Gasteiger charge is -2.17. The maximum absolute atomic E-state index is 11.3. The van der Waals surface area contributed by atoms with Gasteiger partial charge in [0.2, 0.25) is 12.3 Å². The Bertz CT molecular complexity index is 911. The maximum Gasteiger partial charge on any atom is 0.230 e. The fourth-order valence-corrected chi connectivity index (χ4v) is 2.76. The Hall–Kier alpha value is -4.19. The molecule has 0 spiro atoms. The van der Waals surface area contributed by atoms with Gasteiger partial charge in [0.1, 0.15) is 18.6 Å². The molecule has 39 heavy (non-hydrogen) atoms. The van der Waals surface area contributed by atoms with Crippen molar-refractivity contribution in [3.05, 3.63) is 60.7 Å². The van der Waals surface area contributed by atoms with Gasteiger partial charge in [-0.3, -0.25) is 9.59 Å². The largest absolute Gasteiger partial charge is 0.388 e. The van der Waals surface area contributed by atoms with E-state index in [4.69, 9.17) is 10.1 Å². The van der Waals surface area contributed by atoms with Crippen molar-refractivity contribution in [3.63, 3.8) is 0 Å². The number of likely N-dealkylation sites (tertiary alicyclic amines) is 1. The smallest absolute Gasteiger partial charge is 0.230 e. The SMILES string of the molecule is CC(C)(C)C.CNC=O.CNc1ccccc1.CNc1ccccc1.N#CC1CC(C=O)CN1C(=O)CC=O. The highest BCUT2D eigenvalue weighted by molar-refractivity contribution is 5.89. The average molecular weight is 540 g/mol. The fourth-order valence-electron chi connectivity index (χ4n) is 2.76. The molecule has 0 aliphatic carbocycles. The third-order valence-corrected chi connectivity index (χ3v) is 4.50. The molecule has 2 aromatic rings. The van der Waals surface area contributed by atoms with E-state index in [1.54, 1.807) is 7.05 Å². The lowest BCUT2D eigenvalue weighted by atomic mass is 10.0. The van der Waals surface area contributed by atoms with Gasteiger partial charge in [0.15, 0.2) is 0 Å². The lowest BCUT2D eigenvalue weighted by molar-refractivity contribution is -0.133. The van der Waals surface area contributed by atoms with Crippen molar-refractivity contribution in [1.29, 1.82) is 5.26 Å². The van der Waals surface area contributed by atoms with Gasteiger partial charge in [-0.15, -0.1) is 0 Å². The van der Waals surface area contributed by atoms with Crippen LogP contribution in [0.3, 0.4) is 0 Å². The second kappa shape index (κ2) is 23.0. The topological polar surface area (TPSA) is 131 Å². The minimum absolute atomic E-state index is 0.218. The minimum Gasteiger partial charge on any atom is -0.388 e. The second-order valence-corrected chi connectivity index (χ2v) is 9.83. The molecule has 9 heteroatoms. The summed E-state index contributed by atoms with van der Waals surface area (Å²) in [5, 5.41) is 17.0. The van der Waals surface area contributed by atoms with E-state index in [9.17, 15) is 14.4 Å². The summed E-state index contributed by atoms with van der Waals surface area (Å²) in [6, 6.07) is 21.5. The van der Waals surface area contributed by atoms with Gasteiger partial charge in [-0.05, 0) is 36.1 Å². The van der Waals surface area contributed by atoms with Crippen molar-refractivity contribution in [2.45, 2.75) is 46.6 Å². The zero-order valence-corrected chi connectivity index (χ0v) is 24.3. The molecule has 2 amide bonds. The molecule has 1 saturated heterocycles. The van der Waals surface area contributed by atoms with E-state index in [2.05, 4.69) is 43.6 Å². The normalized spacial score (nSPS) is 14.8. The summed E-state index contributed by atoms with van der Waals surface area (Å²) < 4.78 is 0. The molecule has 1 fully saturated rings. The Morgan fingerprint density at radius 1 is 0.923 bits per heavy atom. The van der Waals surface area contributed by atoms with Crippen LogP contribution < -0.4 is 16.0 Å². The van der Waals surface area contributed by atoms with E-state index in [-0.39, 0.29) is 24.8 Å². The molecule has 2 atom stereocenters. The molecule has 2 unspecified atom stereocenters. The van der Waals surface area contributed by atoms with E-state index in [1.807, 2.05) is 80.8 Å². The molecule has 0 aromatic heterocycles. The molecule has 0 bridgehead atoms. The number of nitriles is 1. The van der Waals surface area contributed by atoms with E-state index in [1.165, 1.54) is 4.90 Å². The predicted molar refractivity (Wildman–Crippen MR) is 158 cm³/mol. The van der Waals surface area contributed by atoms with E-state index in [0.29, 0.717) is 24.5 Å². The number of aldehydes is 2. The summed E-state index contributed by atoms with van der Waals surface area (Å²) in [5.41, 5.74) is 2.82. The molecule has 3 rings (SSSR count). The monoisotopic (exact) mass is 539 g/mol. The van der Waals surface area contributed by atoms with Crippen LogP contribution in [0, 0.1) is 22.7 Å². The Morgan fingerprint density at radius 2 is 1.33 bits per heavy atom. The van der Waals surface area contributed by atoms with E-state index < -0.39 is 6.04 Å². The maximum atomic E-state index is 11.3. The first-order chi connectivity index (χ1) is 18.5. The molecule has 1 aliphatic heterocycles. The quantitative estimate of drug-likeness (QED) is 0.366. The van der Waals surface area contributed by atoms with Crippen molar-refractivity contribution in [3.8, 4) is 6.07 Å². The summed E-state index contributed by atoms with van der Waals surface area (Å²) >= 11 is 0. The number of hydrogen-bond acceptors (Lipinski definition) is 7. The third kappa shape index (κ3) is 21.6. The van der Waals surface area contributed by atoms with E-state index in [0.717, 1.165) is 17.7 Å². The first-order valence-electron chi connectivity index (χ1n) is 12.7. The summed E-state index contributed by atoms with van der Waals surface area (Å²) in [4.78, 5) is 42.3. The molecule has 1 aliphatic rings. The number of amides is 2. The molecule has 214 valence electrons. The first kappa shape index (κ1) is 37.0. The number of anilines is 2. The highest BCUT2D eigenvalue weighted by Gasteiger charge is 2.34. The number of rotatable bonds is 6. The number of para-hydroxylation sites is 2. The predicted octanol–water partition coefficient (Wildman–Crippen LogP) is 4.39. The number of nitrogens with zero attached hydrogens (tertiary/aromatic N) is 2. The Kier molecular flexibility index (Phi) is 21.8. The van der Waals surface area contributed by atoms with Gasteiger partial charge < -0.3 is 30.4 Å². The molecule has 9 nitrogen and oxygen atoms in total. The Morgan fingerprint density at radius 3 is 1.59 bits per heavy atom. The van der Waals surface area contributed by atoms with Crippen LogP contribution in [0.5, 0.6) is 0 Å². The van der Waals surface area contributed by atoms with Crippen molar-refractivity contribution in [2.24, 2.45) is 11.3 Å². The molecule has 1 heterocycles. The zero-order chi connectivity index (χ0) is 30.1. The Balaban J connectivity index is 0. The third-order valence-electron chi connectivity index (χ3n) is 4.50. The minimum atomic E-state index is -0.558. The van der Waals surface area contributed by atoms with Crippen molar-refractivity contribution in [2.75, 3.05) is 38.3 Å². The second-order valence-electron chi connectivity index (χ2n) is 9.83. The van der Waals surface area contributed by atoms with Gasteiger partial charge in [-0.1, -0.05) is 64.1 Å². The van der Waals surface area contributed by atoms with Gasteiger partial charge >= 0.3 is 0 Å². The van der Waals surface area contributed by atoms with E-state index >= 15 is 0 Å². The number of hydrogen-bond donors (Lipinski definition) is 3. The number of carbonyl (C=O) groups is 4. The fraction of sp³-hybridized carbons (Fsp3) is 0.433. The number of nitrogens with one attached hydrogen (secondary N) is 3. The summed E-state index contributed by atoms with van der Waals surface area (Å²) in [6.07, 6.45) is 2.04. The van der Waals surface area contributed by atoms with Gasteiger partial charge in [0, 0.05) is 45.0 Å². The molecule has 0 saturated carbocycles. The van der Waals surface area contributed by atoms with Crippen molar-refractivity contribution < 1.29 is 19.2 Å². The van der Waals surface area contributed by atoms with Crippen LogP contribution in [0.2, 0.25) is 0 Å². The van der Waals surface area contributed by atoms with Crippen LogP contribution >= 0.6 is 0 Å². The van der Waals surface area contributed by atoms with Gasteiger partial charge in [0.05, 0.1) is 12.5 Å². The summed E-state index contributed by atoms with van der Waals surface area (Å²) in [6.45, 7) is 9.01.